The molecule has 0 aliphatic heterocycles. The Balaban J connectivity index is 1.32. The van der Waals surface area contributed by atoms with Crippen LogP contribution in [0.3, 0.4) is 0 Å². The van der Waals surface area contributed by atoms with Crippen LogP contribution in [-0.4, -0.2) is 16.6 Å². The van der Waals surface area contributed by atoms with E-state index in [0.717, 1.165) is 35.0 Å². The minimum atomic E-state index is -0.398. The molecule has 1 aliphatic rings. The molecule has 1 aromatic heterocycles. The highest BCUT2D eigenvalue weighted by Gasteiger charge is 2.36. The van der Waals surface area contributed by atoms with Gasteiger partial charge in [-0.2, -0.15) is 0 Å². The fourth-order valence-electron chi connectivity index (χ4n) is 4.66. The third-order valence-electron chi connectivity index (χ3n) is 6.44. The summed E-state index contributed by atoms with van der Waals surface area (Å²) < 4.78 is 15.8. The van der Waals surface area contributed by atoms with Crippen molar-refractivity contribution in [1.29, 1.82) is 0 Å². The minimum Gasteiger partial charge on any atom is -0.329 e. The standard InChI is InChI=1S/C27H22ClFN2O2S/c1-15(32)20-3-2-4-21(20)26(33)17-7-5-16(6-8-17)18-9-11-23(22(29)13-18)30-27-31-24-12-10-19(28)14-25(24)34-27/h5-14,20-21H,2-4H2,1H3,(H,30,31)/t20-,21+/m0/s1. The molecule has 4 aromatic rings. The van der Waals surface area contributed by atoms with E-state index >= 15 is 0 Å². The lowest BCUT2D eigenvalue weighted by Gasteiger charge is -2.16. The highest BCUT2D eigenvalue weighted by Crippen LogP contribution is 2.36. The molecule has 172 valence electrons. The Bertz CT molecular complexity index is 1400. The predicted molar refractivity (Wildman–Crippen MR) is 136 cm³/mol. The summed E-state index contributed by atoms with van der Waals surface area (Å²) in [4.78, 5) is 29.3. The Morgan fingerprint density at radius 1 is 1.00 bits per heavy atom. The highest BCUT2D eigenvalue weighted by molar-refractivity contribution is 7.22. The van der Waals surface area contributed by atoms with Crippen molar-refractivity contribution in [2.45, 2.75) is 26.2 Å². The van der Waals surface area contributed by atoms with Crippen molar-refractivity contribution in [3.8, 4) is 11.1 Å². The van der Waals surface area contributed by atoms with E-state index in [9.17, 15) is 14.0 Å². The van der Waals surface area contributed by atoms with Crippen molar-refractivity contribution in [2.24, 2.45) is 11.8 Å². The number of nitrogens with zero attached hydrogens (tertiary/aromatic N) is 1. The van der Waals surface area contributed by atoms with Gasteiger partial charge in [0.1, 0.15) is 11.6 Å². The van der Waals surface area contributed by atoms with E-state index in [-0.39, 0.29) is 23.4 Å². The van der Waals surface area contributed by atoms with Gasteiger partial charge in [0.2, 0.25) is 0 Å². The van der Waals surface area contributed by atoms with Crippen LogP contribution in [0.2, 0.25) is 5.02 Å². The molecule has 3 aromatic carbocycles. The van der Waals surface area contributed by atoms with Gasteiger partial charge in [0.15, 0.2) is 10.9 Å². The number of Topliss-reactive ketones (excluding diaryl/α,β-unsaturated/α-hetero) is 2. The molecule has 0 unspecified atom stereocenters. The lowest BCUT2D eigenvalue weighted by atomic mass is 9.86. The van der Waals surface area contributed by atoms with E-state index < -0.39 is 5.82 Å². The zero-order valence-corrected chi connectivity index (χ0v) is 20.0. The maximum absolute atomic E-state index is 14.9. The molecule has 34 heavy (non-hydrogen) atoms. The monoisotopic (exact) mass is 492 g/mol. The van der Waals surface area contributed by atoms with Gasteiger partial charge in [0.25, 0.3) is 0 Å². The molecular formula is C27H22ClFN2O2S. The first-order valence-corrected chi connectivity index (χ1v) is 12.4. The second-order valence-corrected chi connectivity index (χ2v) is 10.1. The summed E-state index contributed by atoms with van der Waals surface area (Å²) in [6, 6.07) is 17.6. The van der Waals surface area contributed by atoms with Gasteiger partial charge < -0.3 is 5.32 Å². The lowest BCUT2D eigenvalue weighted by Crippen LogP contribution is -2.24. The van der Waals surface area contributed by atoms with Crippen LogP contribution < -0.4 is 5.32 Å². The average Bonchev–Trinajstić information content (AvgIpc) is 3.47. The third kappa shape index (κ3) is 4.48. The van der Waals surface area contributed by atoms with Crippen LogP contribution >= 0.6 is 22.9 Å². The normalized spacial score (nSPS) is 17.7. The maximum atomic E-state index is 14.9. The van der Waals surface area contributed by atoms with Gasteiger partial charge in [-0.15, -0.1) is 0 Å². The van der Waals surface area contributed by atoms with Crippen molar-refractivity contribution in [3.05, 3.63) is 77.1 Å². The largest absolute Gasteiger partial charge is 0.329 e. The number of anilines is 2. The molecule has 1 heterocycles. The molecule has 1 N–H and O–H groups in total. The van der Waals surface area contributed by atoms with Crippen LogP contribution in [0.4, 0.5) is 15.2 Å². The first-order valence-electron chi connectivity index (χ1n) is 11.2. The van der Waals surface area contributed by atoms with Crippen LogP contribution in [0.25, 0.3) is 21.3 Å². The summed E-state index contributed by atoms with van der Waals surface area (Å²) in [6.07, 6.45) is 2.45. The van der Waals surface area contributed by atoms with Gasteiger partial charge in [-0.1, -0.05) is 59.7 Å². The van der Waals surface area contributed by atoms with E-state index in [1.165, 1.54) is 17.4 Å². The van der Waals surface area contributed by atoms with E-state index in [1.54, 1.807) is 31.2 Å². The molecule has 2 atom stereocenters. The zero-order valence-electron chi connectivity index (χ0n) is 18.5. The lowest BCUT2D eigenvalue weighted by molar-refractivity contribution is -0.121. The quantitative estimate of drug-likeness (QED) is 0.280. The summed E-state index contributed by atoms with van der Waals surface area (Å²) in [5.41, 5.74) is 3.25. The summed E-state index contributed by atoms with van der Waals surface area (Å²) in [5, 5.41) is 4.26. The Labute approximate surface area is 205 Å². The third-order valence-corrected chi connectivity index (χ3v) is 7.61. The van der Waals surface area contributed by atoms with E-state index in [2.05, 4.69) is 10.3 Å². The zero-order chi connectivity index (χ0) is 23.8. The van der Waals surface area contributed by atoms with E-state index in [4.69, 9.17) is 11.6 Å². The number of nitrogens with one attached hydrogen (secondary N) is 1. The number of rotatable bonds is 6. The topological polar surface area (TPSA) is 59.1 Å². The van der Waals surface area contributed by atoms with E-state index in [0.29, 0.717) is 27.0 Å². The van der Waals surface area contributed by atoms with Crippen LogP contribution in [0.15, 0.2) is 60.7 Å². The van der Waals surface area contributed by atoms with Gasteiger partial charge in [0, 0.05) is 22.4 Å². The number of halogens is 2. The van der Waals surface area contributed by atoms with Gasteiger partial charge >= 0.3 is 0 Å². The molecule has 1 aliphatic carbocycles. The maximum Gasteiger partial charge on any atom is 0.188 e. The van der Waals surface area contributed by atoms with Crippen LogP contribution in [0.5, 0.6) is 0 Å². The summed E-state index contributed by atoms with van der Waals surface area (Å²) in [5.74, 6) is -0.693. The number of thiazole rings is 1. The first-order chi connectivity index (χ1) is 16.4. The molecule has 0 amide bonds. The molecular weight excluding hydrogens is 471 g/mol. The molecule has 1 saturated carbocycles. The van der Waals surface area contributed by atoms with Gasteiger partial charge in [-0.25, -0.2) is 9.37 Å². The van der Waals surface area contributed by atoms with Crippen molar-refractivity contribution in [1.82, 2.24) is 4.98 Å². The minimum absolute atomic E-state index is 0.0205. The summed E-state index contributed by atoms with van der Waals surface area (Å²) in [6.45, 7) is 1.57. The number of hydrogen-bond acceptors (Lipinski definition) is 5. The molecule has 1 fully saturated rings. The molecule has 5 rings (SSSR count). The first kappa shape index (κ1) is 22.7. The van der Waals surface area contributed by atoms with Crippen molar-refractivity contribution >= 4 is 55.5 Å². The molecule has 0 saturated heterocycles. The predicted octanol–water partition coefficient (Wildman–Crippen LogP) is 7.69. The number of hydrogen-bond donors (Lipinski definition) is 1. The smallest absolute Gasteiger partial charge is 0.188 e. The number of benzene rings is 3. The van der Waals surface area contributed by atoms with Crippen LogP contribution in [-0.2, 0) is 4.79 Å². The molecule has 4 nitrogen and oxygen atoms in total. The number of fused-ring (bicyclic) bond motifs is 1. The Kier molecular flexibility index (Phi) is 6.19. The number of ketones is 2. The molecule has 0 spiro atoms. The number of aromatic nitrogens is 1. The highest BCUT2D eigenvalue weighted by atomic mass is 35.5. The SMILES string of the molecule is CC(=O)[C@@H]1CCC[C@H]1C(=O)c1ccc(-c2ccc(Nc3nc4ccc(Cl)cc4s3)c(F)c2)cc1. The Morgan fingerprint density at radius 3 is 2.47 bits per heavy atom. The van der Waals surface area contributed by atoms with Crippen LogP contribution in [0, 0.1) is 17.7 Å². The molecule has 0 bridgehead atoms. The molecule has 7 heteroatoms. The van der Waals surface area contributed by atoms with E-state index in [1.807, 2.05) is 30.3 Å². The van der Waals surface area contributed by atoms with Crippen molar-refractivity contribution in [2.75, 3.05) is 5.32 Å². The van der Waals surface area contributed by atoms with Gasteiger partial charge in [0.05, 0.1) is 15.9 Å². The number of carbonyl (C=O) groups excluding carboxylic acids is 2. The fourth-order valence-corrected chi connectivity index (χ4v) is 5.82. The summed E-state index contributed by atoms with van der Waals surface area (Å²) in [7, 11) is 0. The van der Waals surface area contributed by atoms with Crippen molar-refractivity contribution < 1.29 is 14.0 Å². The number of carbonyl (C=O) groups is 2. The Hall–Kier alpha value is -3.09. The van der Waals surface area contributed by atoms with Gasteiger partial charge in [-0.05, 0) is 61.2 Å². The van der Waals surface area contributed by atoms with Crippen LogP contribution in [0.1, 0.15) is 36.5 Å². The fraction of sp³-hybridized carbons (Fsp3) is 0.222. The second-order valence-electron chi connectivity index (χ2n) is 8.65. The Morgan fingerprint density at radius 2 is 1.74 bits per heavy atom. The molecule has 0 radical (unpaired) electrons. The second kappa shape index (κ2) is 9.28. The van der Waals surface area contributed by atoms with Gasteiger partial charge in [-0.3, -0.25) is 9.59 Å². The average molecular weight is 493 g/mol. The van der Waals surface area contributed by atoms with Crippen molar-refractivity contribution in [3.63, 3.8) is 0 Å². The summed E-state index contributed by atoms with van der Waals surface area (Å²) >= 11 is 7.44.